The molecule has 0 saturated heterocycles. The van der Waals surface area contributed by atoms with Gasteiger partial charge >= 0.3 is 5.97 Å². The van der Waals surface area contributed by atoms with Crippen LogP contribution in [-0.2, 0) is 4.74 Å². The molecular formula is C18H14ClN3O2S2. The van der Waals surface area contributed by atoms with E-state index in [-0.39, 0.29) is 0 Å². The van der Waals surface area contributed by atoms with Gasteiger partial charge in [-0.15, -0.1) is 11.3 Å². The highest BCUT2D eigenvalue weighted by atomic mass is 35.5. The Morgan fingerprint density at radius 2 is 1.96 bits per heavy atom. The van der Waals surface area contributed by atoms with Gasteiger partial charge in [-0.05, 0) is 36.0 Å². The minimum Gasteiger partial charge on any atom is -0.465 e. The number of pyridine rings is 1. The summed E-state index contributed by atoms with van der Waals surface area (Å²) >= 11 is 12.8. The SMILES string of the molecule is COC(=O)c1cc(-c2ccccc2)sc1NC(=S)Nc1cccnc1Cl. The average molecular weight is 404 g/mol. The summed E-state index contributed by atoms with van der Waals surface area (Å²) in [6.07, 6.45) is 1.59. The predicted octanol–water partition coefficient (Wildman–Crippen LogP) is 5.06. The Balaban J connectivity index is 1.86. The Morgan fingerprint density at radius 3 is 2.65 bits per heavy atom. The minimum absolute atomic E-state index is 0.298. The number of aromatic nitrogens is 1. The number of carbonyl (C=O) groups excluding carboxylic acids is 1. The molecule has 2 heterocycles. The van der Waals surface area contributed by atoms with Crippen molar-refractivity contribution in [3.63, 3.8) is 0 Å². The van der Waals surface area contributed by atoms with Gasteiger partial charge in [-0.1, -0.05) is 41.9 Å². The number of thiophene rings is 1. The van der Waals surface area contributed by atoms with Crippen molar-refractivity contribution in [2.45, 2.75) is 0 Å². The van der Waals surface area contributed by atoms with Gasteiger partial charge in [0.25, 0.3) is 0 Å². The van der Waals surface area contributed by atoms with Crippen molar-refractivity contribution in [1.29, 1.82) is 0 Å². The van der Waals surface area contributed by atoms with Crippen molar-refractivity contribution >= 4 is 56.9 Å². The van der Waals surface area contributed by atoms with E-state index in [0.29, 0.717) is 26.5 Å². The summed E-state index contributed by atoms with van der Waals surface area (Å²) in [5.74, 6) is -0.437. The monoisotopic (exact) mass is 403 g/mol. The number of anilines is 2. The maximum absolute atomic E-state index is 12.1. The average Bonchev–Trinajstić information content (AvgIpc) is 3.07. The van der Waals surface area contributed by atoms with Gasteiger partial charge in [-0.2, -0.15) is 0 Å². The molecule has 2 aromatic heterocycles. The molecule has 0 amide bonds. The summed E-state index contributed by atoms with van der Waals surface area (Å²) in [4.78, 5) is 17.0. The molecule has 1 aromatic carbocycles. The minimum atomic E-state index is -0.437. The van der Waals surface area contributed by atoms with Gasteiger partial charge in [0.15, 0.2) is 10.3 Å². The van der Waals surface area contributed by atoms with E-state index in [0.717, 1.165) is 10.4 Å². The Bertz CT molecular complexity index is 945. The van der Waals surface area contributed by atoms with Crippen LogP contribution in [0.5, 0.6) is 0 Å². The van der Waals surface area contributed by atoms with Gasteiger partial charge in [-0.25, -0.2) is 9.78 Å². The third-order valence-electron chi connectivity index (χ3n) is 3.43. The number of esters is 1. The van der Waals surface area contributed by atoms with Gasteiger partial charge < -0.3 is 15.4 Å². The fourth-order valence-corrected chi connectivity index (χ4v) is 3.73. The Labute approximate surface area is 165 Å². The first-order valence-corrected chi connectivity index (χ1v) is 9.15. The zero-order chi connectivity index (χ0) is 18.5. The second-order valence-electron chi connectivity index (χ2n) is 5.13. The molecule has 0 spiro atoms. The number of carbonyl (C=O) groups is 1. The smallest absolute Gasteiger partial charge is 0.340 e. The number of halogens is 1. The molecule has 0 atom stereocenters. The number of benzene rings is 1. The molecule has 2 N–H and O–H groups in total. The lowest BCUT2D eigenvalue weighted by Gasteiger charge is -2.10. The zero-order valence-electron chi connectivity index (χ0n) is 13.7. The normalized spacial score (nSPS) is 10.2. The van der Waals surface area contributed by atoms with Crippen LogP contribution >= 0.6 is 35.2 Å². The lowest BCUT2D eigenvalue weighted by Crippen LogP contribution is -2.20. The van der Waals surface area contributed by atoms with Crippen LogP contribution in [0.25, 0.3) is 10.4 Å². The Kier molecular flexibility index (Phi) is 5.82. The standard InChI is InChI=1S/C18H14ClN3O2S2/c1-24-17(23)12-10-14(11-6-3-2-4-7-11)26-16(12)22-18(25)21-13-8-5-9-20-15(13)19/h2-10H,1H3,(H2,21,22,25). The van der Waals surface area contributed by atoms with E-state index in [1.807, 2.05) is 30.3 Å². The van der Waals surface area contributed by atoms with E-state index in [9.17, 15) is 4.79 Å². The number of methoxy groups -OCH3 is 1. The molecule has 8 heteroatoms. The quantitative estimate of drug-likeness (QED) is 0.360. The number of thiocarbonyl (C=S) groups is 1. The highest BCUT2D eigenvalue weighted by Gasteiger charge is 2.18. The van der Waals surface area contributed by atoms with Crippen molar-refractivity contribution < 1.29 is 9.53 Å². The lowest BCUT2D eigenvalue weighted by atomic mass is 10.1. The number of hydrogen-bond donors (Lipinski definition) is 2. The van der Waals surface area contributed by atoms with Gasteiger partial charge in [-0.3, -0.25) is 0 Å². The highest BCUT2D eigenvalue weighted by Crippen LogP contribution is 2.36. The van der Waals surface area contributed by atoms with E-state index in [1.165, 1.54) is 18.4 Å². The number of nitrogens with one attached hydrogen (secondary N) is 2. The summed E-state index contributed by atoms with van der Waals surface area (Å²) in [5, 5.41) is 7.21. The molecule has 3 aromatic rings. The molecule has 5 nitrogen and oxygen atoms in total. The molecule has 0 aliphatic heterocycles. The zero-order valence-corrected chi connectivity index (χ0v) is 16.0. The van der Waals surface area contributed by atoms with Crippen LogP contribution in [0.1, 0.15) is 10.4 Å². The second-order valence-corrected chi connectivity index (χ2v) is 6.95. The van der Waals surface area contributed by atoms with Crippen molar-refractivity contribution in [2.24, 2.45) is 0 Å². The fraction of sp³-hybridized carbons (Fsp3) is 0.0556. The third kappa shape index (κ3) is 4.19. The molecule has 0 bridgehead atoms. The van der Waals surface area contributed by atoms with Crippen molar-refractivity contribution in [2.75, 3.05) is 17.7 Å². The molecule has 132 valence electrons. The van der Waals surface area contributed by atoms with Crippen molar-refractivity contribution in [3.05, 3.63) is 65.4 Å². The van der Waals surface area contributed by atoms with Crippen molar-refractivity contribution in [1.82, 2.24) is 4.98 Å². The number of hydrogen-bond acceptors (Lipinski definition) is 5. The van der Waals surface area contributed by atoms with Crippen LogP contribution in [0.2, 0.25) is 5.15 Å². The van der Waals surface area contributed by atoms with Gasteiger partial charge in [0.05, 0.1) is 18.4 Å². The molecular weight excluding hydrogens is 390 g/mol. The molecule has 0 aliphatic carbocycles. The first-order chi connectivity index (χ1) is 12.6. The van der Waals surface area contributed by atoms with E-state index in [4.69, 9.17) is 28.6 Å². The van der Waals surface area contributed by atoms with Crippen LogP contribution < -0.4 is 10.6 Å². The van der Waals surface area contributed by atoms with Crippen LogP contribution in [0.3, 0.4) is 0 Å². The second kappa shape index (κ2) is 8.27. The van der Waals surface area contributed by atoms with E-state index >= 15 is 0 Å². The number of nitrogens with zero attached hydrogens (tertiary/aromatic N) is 1. The molecule has 0 unspecified atom stereocenters. The van der Waals surface area contributed by atoms with E-state index in [2.05, 4.69) is 15.6 Å². The van der Waals surface area contributed by atoms with Gasteiger partial charge in [0.1, 0.15) is 5.00 Å². The first kappa shape index (κ1) is 18.3. The maximum atomic E-state index is 12.1. The summed E-state index contributed by atoms with van der Waals surface area (Å²) in [6, 6.07) is 15.1. The topological polar surface area (TPSA) is 63.2 Å². The Morgan fingerprint density at radius 1 is 1.19 bits per heavy atom. The number of rotatable bonds is 4. The largest absolute Gasteiger partial charge is 0.465 e. The number of ether oxygens (including phenoxy) is 1. The maximum Gasteiger partial charge on any atom is 0.340 e. The molecule has 0 saturated carbocycles. The molecule has 0 radical (unpaired) electrons. The third-order valence-corrected chi connectivity index (χ3v) is 5.03. The van der Waals surface area contributed by atoms with Crippen LogP contribution in [0.15, 0.2) is 54.7 Å². The van der Waals surface area contributed by atoms with Crippen LogP contribution in [0.4, 0.5) is 10.7 Å². The van der Waals surface area contributed by atoms with E-state index < -0.39 is 5.97 Å². The van der Waals surface area contributed by atoms with Crippen LogP contribution in [0, 0.1) is 0 Å². The van der Waals surface area contributed by atoms with Crippen molar-refractivity contribution in [3.8, 4) is 10.4 Å². The Hall–Kier alpha value is -2.48. The highest BCUT2D eigenvalue weighted by molar-refractivity contribution is 7.80. The fourth-order valence-electron chi connectivity index (χ4n) is 2.23. The predicted molar refractivity (Wildman–Crippen MR) is 110 cm³/mol. The van der Waals surface area contributed by atoms with Gasteiger partial charge in [0, 0.05) is 11.1 Å². The molecule has 0 aliphatic rings. The summed E-state index contributed by atoms with van der Waals surface area (Å²) < 4.78 is 4.88. The van der Waals surface area contributed by atoms with Gasteiger partial charge in [0.2, 0.25) is 0 Å². The molecule has 26 heavy (non-hydrogen) atoms. The lowest BCUT2D eigenvalue weighted by molar-refractivity contribution is 0.0602. The van der Waals surface area contributed by atoms with Crippen LogP contribution in [-0.4, -0.2) is 23.2 Å². The summed E-state index contributed by atoms with van der Waals surface area (Å²) in [6.45, 7) is 0. The molecule has 3 rings (SSSR count). The first-order valence-electron chi connectivity index (χ1n) is 7.54. The summed E-state index contributed by atoms with van der Waals surface area (Å²) in [7, 11) is 1.35. The molecule has 0 fully saturated rings. The van der Waals surface area contributed by atoms with E-state index in [1.54, 1.807) is 24.4 Å². The summed E-state index contributed by atoms with van der Waals surface area (Å²) in [5.41, 5.74) is 1.99.